The number of esters is 1. The number of carbonyl (C=O) groups is 4. The first-order valence-corrected chi connectivity index (χ1v) is 10.4. The average Bonchev–Trinajstić information content (AvgIpc) is 2.94. The van der Waals surface area contributed by atoms with Gasteiger partial charge in [-0.05, 0) is 43.4 Å². The summed E-state index contributed by atoms with van der Waals surface area (Å²) in [5.41, 5.74) is 0.775. The molecule has 2 rings (SSSR count). The van der Waals surface area contributed by atoms with Crippen LogP contribution >= 0.6 is 0 Å². The molecule has 1 fully saturated rings. The fourth-order valence-electron chi connectivity index (χ4n) is 3.24. The van der Waals surface area contributed by atoms with Gasteiger partial charge >= 0.3 is 12.0 Å². The maximum Gasteiger partial charge on any atom is 0.326 e. The Balaban J connectivity index is 1.82. The molecule has 0 unspecified atom stereocenters. The van der Waals surface area contributed by atoms with E-state index in [1.54, 1.807) is 19.1 Å². The normalized spacial score (nSPS) is 19.4. The van der Waals surface area contributed by atoms with Crippen molar-refractivity contribution in [2.75, 3.05) is 18.5 Å². The fourth-order valence-corrected chi connectivity index (χ4v) is 3.24. The Morgan fingerprint density at radius 3 is 2.47 bits per heavy atom. The number of benzene rings is 1. The second-order valence-electron chi connectivity index (χ2n) is 7.90. The van der Waals surface area contributed by atoms with E-state index in [9.17, 15) is 19.2 Å². The number of nitrogens with one attached hydrogen (secondary N) is 2. The largest absolute Gasteiger partial charge is 0.454 e. The third-order valence-electron chi connectivity index (χ3n) is 5.40. The maximum absolute atomic E-state index is 12.5. The zero-order valence-electron chi connectivity index (χ0n) is 18.1. The quantitative estimate of drug-likeness (QED) is 0.449. The van der Waals surface area contributed by atoms with Crippen LogP contribution in [0.25, 0.3) is 0 Å². The van der Waals surface area contributed by atoms with Crippen LogP contribution in [0, 0.1) is 0 Å². The smallest absolute Gasteiger partial charge is 0.326 e. The number of carbonyl (C=O) groups excluding carboxylic acids is 4. The van der Waals surface area contributed by atoms with Gasteiger partial charge in [-0.25, -0.2) is 4.79 Å². The Labute approximate surface area is 177 Å². The van der Waals surface area contributed by atoms with E-state index in [1.807, 2.05) is 19.1 Å². The summed E-state index contributed by atoms with van der Waals surface area (Å²) in [6, 6.07) is 6.87. The minimum absolute atomic E-state index is 0.435. The SMILES string of the molecule is CCCC[C@@]1(C)NC(=O)N(CC(=O)OCC(=O)Nc2ccc([C@@H](C)CC)cc2)C1=O. The number of rotatable bonds is 10. The minimum Gasteiger partial charge on any atom is -0.454 e. The van der Waals surface area contributed by atoms with E-state index in [0.717, 1.165) is 24.2 Å². The van der Waals surface area contributed by atoms with E-state index in [0.29, 0.717) is 18.0 Å². The molecule has 0 spiro atoms. The Hall–Kier alpha value is -2.90. The highest BCUT2D eigenvalue weighted by Crippen LogP contribution is 2.23. The lowest BCUT2D eigenvalue weighted by molar-refractivity contribution is -0.150. The summed E-state index contributed by atoms with van der Waals surface area (Å²) in [5.74, 6) is -1.33. The summed E-state index contributed by atoms with van der Waals surface area (Å²) >= 11 is 0. The lowest BCUT2D eigenvalue weighted by atomic mass is 9.95. The molecule has 0 bridgehead atoms. The molecule has 1 saturated heterocycles. The van der Waals surface area contributed by atoms with Gasteiger partial charge in [0, 0.05) is 5.69 Å². The lowest BCUT2D eigenvalue weighted by Gasteiger charge is -2.21. The topological polar surface area (TPSA) is 105 Å². The van der Waals surface area contributed by atoms with E-state index in [1.165, 1.54) is 5.56 Å². The van der Waals surface area contributed by atoms with Gasteiger partial charge in [0.15, 0.2) is 6.61 Å². The van der Waals surface area contributed by atoms with Gasteiger partial charge in [-0.1, -0.05) is 45.7 Å². The molecule has 0 aliphatic carbocycles. The van der Waals surface area contributed by atoms with E-state index >= 15 is 0 Å². The van der Waals surface area contributed by atoms with E-state index in [2.05, 4.69) is 24.5 Å². The molecule has 30 heavy (non-hydrogen) atoms. The first kappa shape index (κ1) is 23.4. The fraction of sp³-hybridized carbons (Fsp3) is 0.545. The van der Waals surface area contributed by atoms with Gasteiger partial charge in [-0.2, -0.15) is 0 Å². The van der Waals surface area contributed by atoms with Crippen molar-refractivity contribution >= 4 is 29.5 Å². The molecule has 0 aromatic heterocycles. The number of unbranched alkanes of at least 4 members (excludes halogenated alkanes) is 1. The van der Waals surface area contributed by atoms with Crippen LogP contribution < -0.4 is 10.6 Å². The molecule has 0 saturated carbocycles. The number of imide groups is 1. The summed E-state index contributed by atoms with van der Waals surface area (Å²) in [6.07, 6.45) is 3.18. The molecule has 1 aromatic rings. The van der Waals surface area contributed by atoms with Gasteiger partial charge < -0.3 is 15.4 Å². The number of anilines is 1. The number of urea groups is 1. The maximum atomic E-state index is 12.5. The lowest BCUT2D eigenvalue weighted by Crippen LogP contribution is -2.44. The van der Waals surface area contributed by atoms with Gasteiger partial charge in [-0.15, -0.1) is 0 Å². The van der Waals surface area contributed by atoms with E-state index in [-0.39, 0.29) is 0 Å². The molecule has 164 valence electrons. The van der Waals surface area contributed by atoms with Crippen molar-refractivity contribution in [3.8, 4) is 0 Å². The van der Waals surface area contributed by atoms with Crippen LogP contribution in [-0.2, 0) is 19.1 Å². The van der Waals surface area contributed by atoms with Crippen molar-refractivity contribution in [2.45, 2.75) is 64.8 Å². The number of ether oxygens (including phenoxy) is 1. The van der Waals surface area contributed by atoms with Gasteiger partial charge in [-0.3, -0.25) is 19.3 Å². The van der Waals surface area contributed by atoms with Crippen molar-refractivity contribution < 1.29 is 23.9 Å². The average molecular weight is 418 g/mol. The molecule has 1 heterocycles. The van der Waals surface area contributed by atoms with Crippen LogP contribution in [0.2, 0.25) is 0 Å². The zero-order chi connectivity index (χ0) is 22.3. The molecule has 1 aliphatic rings. The van der Waals surface area contributed by atoms with Crippen molar-refractivity contribution in [3.63, 3.8) is 0 Å². The highest BCUT2D eigenvalue weighted by atomic mass is 16.5. The summed E-state index contributed by atoms with van der Waals surface area (Å²) in [6.45, 7) is 6.86. The molecule has 2 atom stereocenters. The van der Waals surface area contributed by atoms with Gasteiger partial charge in [0.25, 0.3) is 11.8 Å². The molecule has 0 radical (unpaired) electrons. The second-order valence-corrected chi connectivity index (χ2v) is 7.90. The number of amides is 4. The van der Waals surface area contributed by atoms with Crippen LogP contribution in [0.15, 0.2) is 24.3 Å². The van der Waals surface area contributed by atoms with Crippen molar-refractivity contribution in [2.24, 2.45) is 0 Å². The Morgan fingerprint density at radius 1 is 1.20 bits per heavy atom. The molecule has 2 N–H and O–H groups in total. The number of hydrogen-bond donors (Lipinski definition) is 2. The standard InChI is InChI=1S/C22H31N3O5/c1-5-7-12-22(4)20(28)25(21(29)24-22)13-19(27)30-14-18(26)23-17-10-8-16(9-11-17)15(3)6-2/h8-11,15H,5-7,12-14H2,1-4H3,(H,23,26)(H,24,29)/t15-,22+/m0/s1. The Bertz CT molecular complexity index is 792. The Morgan fingerprint density at radius 2 is 1.87 bits per heavy atom. The molecular weight excluding hydrogens is 386 g/mol. The monoisotopic (exact) mass is 417 g/mol. The first-order chi connectivity index (χ1) is 14.2. The molecule has 8 nitrogen and oxygen atoms in total. The zero-order valence-corrected chi connectivity index (χ0v) is 18.1. The minimum atomic E-state index is -1.01. The summed E-state index contributed by atoms with van der Waals surface area (Å²) < 4.78 is 4.94. The predicted octanol–water partition coefficient (Wildman–Crippen LogP) is 3.18. The highest BCUT2D eigenvalue weighted by molar-refractivity contribution is 6.08. The Kier molecular flexibility index (Phi) is 7.97. The van der Waals surface area contributed by atoms with Gasteiger partial charge in [0.1, 0.15) is 12.1 Å². The van der Waals surface area contributed by atoms with Gasteiger partial charge in [0.2, 0.25) is 0 Å². The van der Waals surface area contributed by atoms with Crippen molar-refractivity contribution in [1.82, 2.24) is 10.2 Å². The summed E-state index contributed by atoms with van der Waals surface area (Å²) in [4.78, 5) is 49.5. The van der Waals surface area contributed by atoms with Crippen LogP contribution in [0.5, 0.6) is 0 Å². The third-order valence-corrected chi connectivity index (χ3v) is 5.40. The first-order valence-electron chi connectivity index (χ1n) is 10.4. The number of hydrogen-bond acceptors (Lipinski definition) is 5. The second kappa shape index (κ2) is 10.2. The molecule has 1 aromatic carbocycles. The highest BCUT2D eigenvalue weighted by Gasteiger charge is 2.47. The molecular formula is C22H31N3O5. The van der Waals surface area contributed by atoms with Crippen LogP contribution in [-0.4, -0.2) is 47.4 Å². The van der Waals surface area contributed by atoms with Crippen LogP contribution in [0.4, 0.5) is 10.5 Å². The van der Waals surface area contributed by atoms with Crippen LogP contribution in [0.1, 0.15) is 64.9 Å². The molecule has 1 aliphatic heterocycles. The number of nitrogens with zero attached hydrogens (tertiary/aromatic N) is 1. The summed E-state index contributed by atoms with van der Waals surface area (Å²) in [5, 5.41) is 5.29. The molecule has 4 amide bonds. The summed E-state index contributed by atoms with van der Waals surface area (Å²) in [7, 11) is 0. The van der Waals surface area contributed by atoms with E-state index in [4.69, 9.17) is 4.74 Å². The van der Waals surface area contributed by atoms with Crippen LogP contribution in [0.3, 0.4) is 0 Å². The van der Waals surface area contributed by atoms with Crippen molar-refractivity contribution in [1.29, 1.82) is 0 Å². The van der Waals surface area contributed by atoms with Gasteiger partial charge in [0.05, 0.1) is 0 Å². The van der Waals surface area contributed by atoms with E-state index < -0.39 is 42.5 Å². The third kappa shape index (κ3) is 5.81. The van der Waals surface area contributed by atoms with Crippen molar-refractivity contribution in [3.05, 3.63) is 29.8 Å². The molecule has 8 heteroatoms. The predicted molar refractivity (Wildman–Crippen MR) is 113 cm³/mol.